The Balaban J connectivity index is 1.48. The number of carbonyl (C=O) groups is 1. The molecule has 1 aliphatic heterocycles. The number of nitrogens with zero attached hydrogens (tertiary/aromatic N) is 3. The number of benzene rings is 2. The van der Waals surface area contributed by atoms with Gasteiger partial charge in [0.15, 0.2) is 5.76 Å². The topological polar surface area (TPSA) is 68.5 Å². The number of pyridine rings is 1. The van der Waals surface area contributed by atoms with E-state index in [4.69, 9.17) is 9.26 Å². The van der Waals surface area contributed by atoms with E-state index < -0.39 is 0 Å². The maximum absolute atomic E-state index is 13.7. The Morgan fingerprint density at radius 2 is 1.91 bits per heavy atom. The number of ether oxygens (including phenoxy) is 1. The number of likely N-dealkylation sites (tertiary alicyclic amines) is 1. The van der Waals surface area contributed by atoms with Gasteiger partial charge in [0.05, 0.1) is 13.2 Å². The lowest BCUT2D eigenvalue weighted by atomic mass is 10.0. The zero-order valence-electron chi connectivity index (χ0n) is 18.0. The summed E-state index contributed by atoms with van der Waals surface area (Å²) in [5.41, 5.74) is 2.19. The molecule has 0 spiro atoms. The van der Waals surface area contributed by atoms with E-state index in [0.717, 1.165) is 53.5 Å². The third-order valence-corrected chi connectivity index (χ3v) is 6.13. The second-order valence-electron chi connectivity index (χ2n) is 8.09. The fraction of sp³-hybridized carbons (Fsp3) is 0.269. The highest BCUT2D eigenvalue weighted by Crippen LogP contribution is 2.34. The summed E-state index contributed by atoms with van der Waals surface area (Å²) >= 11 is 0. The summed E-state index contributed by atoms with van der Waals surface area (Å²) in [7, 11) is 1.64. The van der Waals surface area contributed by atoms with E-state index in [1.165, 1.54) is 0 Å². The molecule has 32 heavy (non-hydrogen) atoms. The molecule has 1 atom stereocenters. The predicted molar refractivity (Wildman–Crippen MR) is 122 cm³/mol. The van der Waals surface area contributed by atoms with Crippen LogP contribution in [0.3, 0.4) is 0 Å². The highest BCUT2D eigenvalue weighted by Gasteiger charge is 2.32. The number of rotatable bonds is 4. The summed E-state index contributed by atoms with van der Waals surface area (Å²) in [5.74, 6) is 1.45. The van der Waals surface area contributed by atoms with Crippen LogP contribution >= 0.6 is 0 Å². The third-order valence-electron chi connectivity index (χ3n) is 6.13. The summed E-state index contributed by atoms with van der Waals surface area (Å²) in [6, 6.07) is 19.3. The van der Waals surface area contributed by atoms with Gasteiger partial charge in [0.2, 0.25) is 0 Å². The Labute approximate surface area is 186 Å². The molecule has 2 aromatic heterocycles. The molecule has 3 heterocycles. The van der Waals surface area contributed by atoms with Crippen LogP contribution in [0.1, 0.15) is 48.0 Å². The smallest absolute Gasteiger partial charge is 0.273 e. The standard InChI is InChI=1S/C26H25N3O3/c1-31-20-12-10-19(11-13-20)22-17-24(32-28-22)23-9-3-2-6-16-29(23)26(30)25-21-8-5-4-7-18(21)14-15-27-25/h4-5,7-8,10-15,17,23H,2-3,6,9,16H2,1H3/t23-/m0/s1. The Kier molecular flexibility index (Phi) is 5.58. The molecule has 0 unspecified atom stereocenters. The number of fused-ring (bicyclic) bond motifs is 1. The zero-order chi connectivity index (χ0) is 21.9. The molecular formula is C26H25N3O3. The first kappa shape index (κ1) is 20.2. The van der Waals surface area contributed by atoms with Crippen molar-refractivity contribution in [3.05, 3.63) is 78.3 Å². The average molecular weight is 428 g/mol. The summed E-state index contributed by atoms with van der Waals surface area (Å²) < 4.78 is 11.0. The van der Waals surface area contributed by atoms with Gasteiger partial charge in [-0.1, -0.05) is 42.3 Å². The van der Waals surface area contributed by atoms with Gasteiger partial charge in [0.1, 0.15) is 17.1 Å². The molecule has 1 amide bonds. The summed E-state index contributed by atoms with van der Waals surface area (Å²) in [6.07, 6.45) is 5.64. The molecule has 4 aromatic rings. The number of amides is 1. The molecule has 1 saturated heterocycles. The van der Waals surface area contributed by atoms with Crippen molar-refractivity contribution in [3.63, 3.8) is 0 Å². The van der Waals surface area contributed by atoms with Crippen LogP contribution in [0, 0.1) is 0 Å². The molecule has 0 bridgehead atoms. The van der Waals surface area contributed by atoms with Crippen molar-refractivity contribution in [1.82, 2.24) is 15.0 Å². The second kappa shape index (κ2) is 8.83. The summed E-state index contributed by atoms with van der Waals surface area (Å²) in [6.45, 7) is 0.674. The minimum Gasteiger partial charge on any atom is -0.497 e. The van der Waals surface area contributed by atoms with Gasteiger partial charge in [0, 0.05) is 29.8 Å². The minimum absolute atomic E-state index is 0.0592. The normalized spacial score (nSPS) is 16.7. The van der Waals surface area contributed by atoms with Crippen molar-refractivity contribution in [2.24, 2.45) is 0 Å². The lowest BCUT2D eigenvalue weighted by Crippen LogP contribution is -2.35. The van der Waals surface area contributed by atoms with Crippen LogP contribution < -0.4 is 4.74 Å². The molecule has 1 fully saturated rings. The molecule has 0 N–H and O–H groups in total. The molecule has 6 nitrogen and oxygen atoms in total. The molecule has 5 rings (SSSR count). The zero-order valence-corrected chi connectivity index (χ0v) is 18.0. The van der Waals surface area contributed by atoms with Gasteiger partial charge in [-0.2, -0.15) is 0 Å². The molecule has 162 valence electrons. The Morgan fingerprint density at radius 3 is 2.75 bits per heavy atom. The van der Waals surface area contributed by atoms with Crippen molar-refractivity contribution >= 4 is 16.7 Å². The fourth-order valence-electron chi connectivity index (χ4n) is 4.42. The number of aromatic nitrogens is 2. The number of hydrogen-bond acceptors (Lipinski definition) is 5. The lowest BCUT2D eigenvalue weighted by molar-refractivity contribution is 0.0647. The quantitative estimate of drug-likeness (QED) is 0.421. The minimum atomic E-state index is -0.162. The van der Waals surface area contributed by atoms with Crippen LogP contribution in [-0.4, -0.2) is 34.6 Å². The first-order valence-electron chi connectivity index (χ1n) is 11.0. The molecule has 2 aromatic carbocycles. The fourth-order valence-corrected chi connectivity index (χ4v) is 4.42. The summed E-state index contributed by atoms with van der Waals surface area (Å²) in [5, 5.41) is 6.18. The van der Waals surface area contributed by atoms with Crippen LogP contribution in [0.15, 0.2) is 71.4 Å². The average Bonchev–Trinajstić information content (AvgIpc) is 3.21. The van der Waals surface area contributed by atoms with Crippen molar-refractivity contribution in [3.8, 4) is 17.0 Å². The van der Waals surface area contributed by atoms with Crippen LogP contribution in [0.5, 0.6) is 5.75 Å². The maximum Gasteiger partial charge on any atom is 0.273 e. The number of methoxy groups -OCH3 is 1. The van der Waals surface area contributed by atoms with E-state index in [1.54, 1.807) is 13.3 Å². The highest BCUT2D eigenvalue weighted by molar-refractivity contribution is 6.05. The Hall–Kier alpha value is -3.67. The SMILES string of the molecule is COc1ccc(-c2cc([C@@H]3CCCCCN3C(=O)c3nccc4ccccc34)on2)cc1. The van der Waals surface area contributed by atoms with E-state index in [2.05, 4.69) is 10.1 Å². The van der Waals surface area contributed by atoms with Crippen LogP contribution in [0.25, 0.3) is 22.0 Å². The Bertz CT molecular complexity index is 1230. The van der Waals surface area contributed by atoms with Gasteiger partial charge in [-0.3, -0.25) is 9.78 Å². The number of hydrogen-bond donors (Lipinski definition) is 0. The molecule has 1 aliphatic rings. The molecule has 0 saturated carbocycles. The largest absolute Gasteiger partial charge is 0.497 e. The van der Waals surface area contributed by atoms with Gasteiger partial charge in [0.25, 0.3) is 5.91 Å². The van der Waals surface area contributed by atoms with Gasteiger partial charge < -0.3 is 14.2 Å². The van der Waals surface area contributed by atoms with Gasteiger partial charge in [-0.15, -0.1) is 0 Å². The second-order valence-corrected chi connectivity index (χ2v) is 8.09. The van der Waals surface area contributed by atoms with Crippen molar-refractivity contribution in [1.29, 1.82) is 0 Å². The highest BCUT2D eigenvalue weighted by atomic mass is 16.5. The molecule has 0 radical (unpaired) electrons. The Morgan fingerprint density at radius 1 is 1.06 bits per heavy atom. The van der Waals surface area contributed by atoms with E-state index in [-0.39, 0.29) is 11.9 Å². The molecular weight excluding hydrogens is 402 g/mol. The van der Waals surface area contributed by atoms with E-state index in [9.17, 15) is 4.79 Å². The van der Waals surface area contributed by atoms with Crippen LogP contribution in [0.4, 0.5) is 0 Å². The maximum atomic E-state index is 13.7. The molecule has 6 heteroatoms. The first-order chi connectivity index (χ1) is 15.7. The monoisotopic (exact) mass is 427 g/mol. The van der Waals surface area contributed by atoms with Crippen LogP contribution in [0.2, 0.25) is 0 Å². The van der Waals surface area contributed by atoms with Crippen molar-refractivity contribution in [2.75, 3.05) is 13.7 Å². The van der Waals surface area contributed by atoms with Crippen LogP contribution in [-0.2, 0) is 0 Å². The van der Waals surface area contributed by atoms with Gasteiger partial charge >= 0.3 is 0 Å². The lowest BCUT2D eigenvalue weighted by Gasteiger charge is -2.28. The van der Waals surface area contributed by atoms with E-state index in [0.29, 0.717) is 18.0 Å². The van der Waals surface area contributed by atoms with E-state index in [1.807, 2.05) is 65.6 Å². The summed E-state index contributed by atoms with van der Waals surface area (Å²) in [4.78, 5) is 20.1. The van der Waals surface area contributed by atoms with Gasteiger partial charge in [-0.05, 0) is 48.6 Å². The van der Waals surface area contributed by atoms with Crippen molar-refractivity contribution in [2.45, 2.75) is 31.7 Å². The van der Waals surface area contributed by atoms with Gasteiger partial charge in [-0.25, -0.2) is 0 Å². The predicted octanol–water partition coefficient (Wildman–Crippen LogP) is 5.66. The van der Waals surface area contributed by atoms with Crippen molar-refractivity contribution < 1.29 is 14.1 Å². The van der Waals surface area contributed by atoms with E-state index >= 15 is 0 Å². The first-order valence-corrected chi connectivity index (χ1v) is 11.0. The third kappa shape index (κ3) is 3.84. The number of carbonyl (C=O) groups excluding carboxylic acids is 1. The molecule has 0 aliphatic carbocycles.